The van der Waals surface area contributed by atoms with Crippen LogP contribution in [0.15, 0.2) is 0 Å². The molecule has 0 bridgehead atoms. The van der Waals surface area contributed by atoms with Crippen molar-refractivity contribution >= 4 is 0 Å². The van der Waals surface area contributed by atoms with Crippen molar-refractivity contribution in [2.45, 2.75) is 0 Å². The molecule has 0 aromatic rings. The summed E-state index contributed by atoms with van der Waals surface area (Å²) in [6, 6.07) is 0. The van der Waals surface area contributed by atoms with E-state index in [1.165, 1.54) is 0 Å². The molecule has 3 nitrogen and oxygen atoms in total. The van der Waals surface area contributed by atoms with E-state index in [1.54, 1.807) is 5.01 Å². The van der Waals surface area contributed by atoms with Crippen molar-refractivity contribution in [3.8, 4) is 6.26 Å². The van der Waals surface area contributed by atoms with Gasteiger partial charge in [-0.3, -0.25) is 0 Å². The van der Waals surface area contributed by atoms with Gasteiger partial charge in [0, 0.05) is 0 Å². The average molecular weight is 59.0 g/mol. The van der Waals surface area contributed by atoms with Gasteiger partial charge in [0.2, 0.25) is 0 Å². The lowest BCUT2D eigenvalue weighted by Crippen LogP contribution is -1.33. The largest absolute Gasteiger partial charge is 0.537 e. The summed E-state index contributed by atoms with van der Waals surface area (Å²) in [5.41, 5.74) is 0. The van der Waals surface area contributed by atoms with E-state index in [2.05, 4.69) is 0 Å². The monoisotopic (exact) mass is 59.0 g/mol. The average Bonchev–Trinajstić information content (AvgIpc) is 1.37. The summed E-state index contributed by atoms with van der Waals surface area (Å²) in [6.45, 7) is 0. The maximum atomic E-state index is 8.56. The number of hydrogen-bond donors (Lipinski definition) is 1. The molecule has 22 valence electrons. The minimum Gasteiger partial charge on any atom is -0.495 e. The Labute approximate surface area is 22.9 Å². The van der Waals surface area contributed by atoms with Crippen molar-refractivity contribution in [1.82, 2.24) is 0 Å². The van der Waals surface area contributed by atoms with Crippen LogP contribution in [0, 0.1) is 11.5 Å². The highest BCUT2D eigenvalue weighted by Crippen LogP contribution is 1.42. The number of aliphatic hydroxyl groups excluding tert-OH is 1. The van der Waals surface area contributed by atoms with Crippen LogP contribution in [-0.2, 0) is 0 Å². The van der Waals surface area contributed by atoms with E-state index in [1.807, 2.05) is 0 Å². The zero-order valence-electron chi connectivity index (χ0n) is 1.80. The molecular weight excluding hydrogens is 58.0 g/mol. The summed E-state index contributed by atoms with van der Waals surface area (Å²) in [6.07, 6.45) is 1.00. The topological polar surface area (TPSA) is 47.6 Å². The highest BCUT2D eigenvalue weighted by atomic mass is 16.4. The first-order valence-electron chi connectivity index (χ1n) is 0.630. The summed E-state index contributed by atoms with van der Waals surface area (Å²) < 4.78 is 0. The molecule has 0 spiro atoms. The highest BCUT2D eigenvalue weighted by molar-refractivity contribution is 4.70. The van der Waals surface area contributed by atoms with Crippen molar-refractivity contribution in [2.24, 2.45) is 0 Å². The van der Waals surface area contributed by atoms with Crippen LogP contribution in [0.4, 0.5) is 0 Å². The van der Waals surface area contributed by atoms with Crippen LogP contribution >= 0.6 is 0 Å². The molecule has 0 unspecified atom stereocenters. The Hall–Kier alpha value is -0.910. The lowest BCUT2D eigenvalue weighted by atomic mass is 11.6. The van der Waals surface area contributed by atoms with E-state index in [0.29, 0.717) is 0 Å². The molecule has 0 atom stereocenters. The normalized spacial score (nSPS) is 3.00. The van der Waals surface area contributed by atoms with Gasteiger partial charge in [-0.25, -0.2) is 0 Å². The molecule has 4 heavy (non-hydrogen) atoms. The van der Waals surface area contributed by atoms with Gasteiger partial charge in [0.25, 0.3) is 0 Å². The van der Waals surface area contributed by atoms with Crippen LogP contribution in [0.25, 0.3) is 5.01 Å². The maximum Gasteiger partial charge on any atom is 0.537 e. The first-order valence-corrected chi connectivity index (χ1v) is 0.630. The quantitative estimate of drug-likeness (QED) is 0.319. The molecule has 0 aromatic carbocycles. The van der Waals surface area contributed by atoms with Crippen molar-refractivity contribution in [2.75, 3.05) is 0 Å². The molecule has 0 saturated carbocycles. The van der Waals surface area contributed by atoms with Gasteiger partial charge in [-0.15, -0.1) is 0 Å². The summed E-state index contributed by atoms with van der Waals surface area (Å²) in [5.74, 6) is 0. The summed E-state index contributed by atoms with van der Waals surface area (Å²) in [5, 5.41) is 17.5. The minimum atomic E-state index is 1.00. The second-order valence-corrected chi connectivity index (χ2v) is 0.191. The van der Waals surface area contributed by atoms with E-state index in [0.717, 1.165) is 6.26 Å². The summed E-state index contributed by atoms with van der Waals surface area (Å²) >= 11 is 0. The fourth-order valence-corrected chi connectivity index (χ4v) is 0. The second-order valence-electron chi connectivity index (χ2n) is 0.191. The Morgan fingerprint density at radius 2 is 2.25 bits per heavy atom. The number of hydrogen-bond acceptors (Lipinski definition) is 2. The Kier molecular flexibility index (Phi) is 1.61. The van der Waals surface area contributed by atoms with Gasteiger partial charge in [-0.05, 0) is 0 Å². The summed E-state index contributed by atoms with van der Waals surface area (Å²) in [7, 11) is 0. The molecule has 0 aliphatic heterocycles. The summed E-state index contributed by atoms with van der Waals surface area (Å²) in [4.78, 5) is 0. The van der Waals surface area contributed by atoms with Crippen molar-refractivity contribution < 1.29 is 5.11 Å². The zero-order valence-corrected chi connectivity index (χ0v) is 1.80. The van der Waals surface area contributed by atoms with E-state index in [9.17, 15) is 0 Å². The van der Waals surface area contributed by atoms with Gasteiger partial charge in [-0.2, -0.15) is 0 Å². The van der Waals surface area contributed by atoms with Gasteiger partial charge >= 0.3 is 6.26 Å². The first-order chi connectivity index (χ1) is 1.91. The Bertz CT molecular complexity index is 42.8. The van der Waals surface area contributed by atoms with Crippen LogP contribution in [-0.4, -0.2) is 5.11 Å². The van der Waals surface area contributed by atoms with Crippen molar-refractivity contribution in [3.63, 3.8) is 0 Å². The van der Waals surface area contributed by atoms with Crippen molar-refractivity contribution in [1.29, 1.82) is 0 Å². The predicted molar refractivity (Wildman–Crippen MR) is 12.5 cm³/mol. The molecule has 0 amide bonds. The highest BCUT2D eigenvalue weighted by Gasteiger charge is 1.45. The molecule has 0 radical (unpaired) electrons. The SMILES string of the molecule is [O-][N+]#CO. The van der Waals surface area contributed by atoms with Gasteiger partial charge in [0.05, 0.1) is 5.01 Å². The lowest BCUT2D eigenvalue weighted by molar-refractivity contribution is 0.515. The van der Waals surface area contributed by atoms with Gasteiger partial charge < -0.3 is 10.3 Å². The third-order valence-corrected chi connectivity index (χ3v) is 0.0408. The third kappa shape index (κ3) is 1.09. The molecule has 0 aromatic heterocycles. The Morgan fingerprint density at radius 3 is 2.25 bits per heavy atom. The van der Waals surface area contributed by atoms with Crippen LogP contribution in [0.1, 0.15) is 0 Å². The van der Waals surface area contributed by atoms with Gasteiger partial charge in [0.1, 0.15) is 0 Å². The molecule has 0 aliphatic rings. The lowest BCUT2D eigenvalue weighted by Gasteiger charge is -1.40. The molecule has 0 saturated heterocycles. The Balaban J connectivity index is 2.83. The van der Waals surface area contributed by atoms with Crippen LogP contribution in [0.5, 0.6) is 0 Å². The molecule has 1 N–H and O–H groups in total. The first kappa shape index (κ1) is 3.09. The molecule has 0 rings (SSSR count). The van der Waals surface area contributed by atoms with E-state index < -0.39 is 0 Å². The molecular formula is CHNO2. The van der Waals surface area contributed by atoms with Crippen molar-refractivity contribution in [3.05, 3.63) is 10.2 Å². The predicted octanol–water partition coefficient (Wildman–Crippen LogP) is 0.147. The minimum absolute atomic E-state index is 1.00. The molecule has 0 heterocycles. The van der Waals surface area contributed by atoms with E-state index in [-0.39, 0.29) is 0 Å². The van der Waals surface area contributed by atoms with Crippen LogP contribution in [0.3, 0.4) is 0 Å². The number of nitrogens with zero attached hydrogens (tertiary/aromatic N) is 1. The molecule has 3 heteroatoms. The van der Waals surface area contributed by atoms with E-state index in [4.69, 9.17) is 10.3 Å². The number of rotatable bonds is 0. The smallest absolute Gasteiger partial charge is 0.495 e. The van der Waals surface area contributed by atoms with E-state index >= 15 is 0 Å². The molecule has 0 aliphatic carbocycles. The van der Waals surface area contributed by atoms with Gasteiger partial charge in [0.15, 0.2) is 0 Å². The fraction of sp³-hybridized carbons (Fsp3) is 0. The third-order valence-electron chi connectivity index (χ3n) is 0.0408. The fourth-order valence-electron chi connectivity index (χ4n) is 0. The van der Waals surface area contributed by atoms with Gasteiger partial charge in [-0.1, -0.05) is 0 Å². The molecule has 0 fully saturated rings. The standard InChI is InChI=1S/CHNO2/c3-1-2-4/h3H. The Morgan fingerprint density at radius 1 is 2.00 bits per heavy atom. The van der Waals surface area contributed by atoms with Crippen LogP contribution in [0.2, 0.25) is 0 Å². The maximum absolute atomic E-state index is 8.56. The number of aliphatic hydroxyl groups is 1. The second kappa shape index (κ2) is 2.09. The zero-order chi connectivity index (χ0) is 3.41. The van der Waals surface area contributed by atoms with Crippen LogP contribution < -0.4 is 0 Å².